The van der Waals surface area contributed by atoms with Crippen LogP contribution in [0.4, 0.5) is 10.5 Å². The molecule has 7 heteroatoms. The number of amides is 2. The number of carboxylic acid groups (broad SMARTS) is 1. The number of hydrogen-bond donors (Lipinski definition) is 3. The van der Waals surface area contributed by atoms with E-state index in [2.05, 4.69) is 15.5 Å². The Hall–Kier alpha value is -2.90. The van der Waals surface area contributed by atoms with E-state index in [-0.39, 0.29) is 6.42 Å². The van der Waals surface area contributed by atoms with Gasteiger partial charge in [0.15, 0.2) is 0 Å². The number of nitrogens with zero attached hydrogens (tertiary/aromatic N) is 1. The molecule has 1 unspecified atom stereocenters. The average molecular weight is 383 g/mol. The van der Waals surface area contributed by atoms with Gasteiger partial charge in [-0.05, 0) is 23.3 Å². The van der Waals surface area contributed by atoms with Crippen molar-refractivity contribution in [3.8, 4) is 0 Å². The molecular formula is C21H25N3O4. The Morgan fingerprint density at radius 1 is 1.00 bits per heavy atom. The van der Waals surface area contributed by atoms with Gasteiger partial charge in [-0.25, -0.2) is 9.59 Å². The minimum Gasteiger partial charge on any atom is -0.480 e. The highest BCUT2D eigenvalue weighted by molar-refractivity contribution is 5.92. The molecule has 0 radical (unpaired) electrons. The van der Waals surface area contributed by atoms with Crippen LogP contribution in [0.25, 0.3) is 0 Å². The Labute approximate surface area is 164 Å². The zero-order chi connectivity index (χ0) is 19.8. The molecule has 0 aromatic heterocycles. The van der Waals surface area contributed by atoms with Gasteiger partial charge in [-0.15, -0.1) is 0 Å². The van der Waals surface area contributed by atoms with Crippen molar-refractivity contribution in [1.29, 1.82) is 0 Å². The topological polar surface area (TPSA) is 90.9 Å². The number of nitrogens with one attached hydrogen (secondary N) is 2. The highest BCUT2D eigenvalue weighted by atomic mass is 16.5. The second-order valence-electron chi connectivity index (χ2n) is 6.76. The van der Waals surface area contributed by atoms with E-state index in [1.807, 2.05) is 54.6 Å². The maximum absolute atomic E-state index is 12.2. The third-order valence-corrected chi connectivity index (χ3v) is 4.61. The number of carbonyl (C=O) groups excluding carboxylic acids is 1. The molecule has 0 spiro atoms. The summed E-state index contributed by atoms with van der Waals surface area (Å²) in [5, 5.41) is 14.6. The minimum atomic E-state index is -1.07. The number of ether oxygens (including phenoxy) is 1. The Morgan fingerprint density at radius 3 is 2.32 bits per heavy atom. The third kappa shape index (κ3) is 6.07. The third-order valence-electron chi connectivity index (χ3n) is 4.61. The Morgan fingerprint density at radius 2 is 1.68 bits per heavy atom. The molecule has 1 atom stereocenters. The molecule has 0 aliphatic carbocycles. The fraction of sp³-hybridized carbons (Fsp3) is 0.333. The number of carbonyl (C=O) groups is 2. The Bertz CT molecular complexity index is 774. The number of urea groups is 1. The quantitative estimate of drug-likeness (QED) is 0.683. The number of carboxylic acids is 1. The van der Waals surface area contributed by atoms with Crippen LogP contribution in [0.15, 0.2) is 54.6 Å². The molecule has 2 amide bonds. The molecule has 7 nitrogen and oxygen atoms in total. The van der Waals surface area contributed by atoms with Gasteiger partial charge in [-0.1, -0.05) is 42.5 Å². The molecule has 0 saturated carbocycles. The lowest BCUT2D eigenvalue weighted by Crippen LogP contribution is -2.44. The Kier molecular flexibility index (Phi) is 7.00. The van der Waals surface area contributed by atoms with Gasteiger partial charge in [-0.2, -0.15) is 0 Å². The average Bonchev–Trinajstić information content (AvgIpc) is 2.70. The van der Waals surface area contributed by atoms with Crippen LogP contribution in [0.2, 0.25) is 0 Å². The molecular weight excluding hydrogens is 358 g/mol. The maximum atomic E-state index is 12.2. The van der Waals surface area contributed by atoms with Crippen LogP contribution < -0.4 is 10.6 Å². The molecule has 2 aromatic rings. The van der Waals surface area contributed by atoms with Crippen LogP contribution in [-0.2, 0) is 22.5 Å². The van der Waals surface area contributed by atoms with Crippen LogP contribution in [0.3, 0.4) is 0 Å². The van der Waals surface area contributed by atoms with Crippen molar-refractivity contribution in [3.63, 3.8) is 0 Å². The van der Waals surface area contributed by atoms with Crippen LogP contribution in [0.1, 0.15) is 11.1 Å². The first kappa shape index (κ1) is 19.9. The van der Waals surface area contributed by atoms with E-state index >= 15 is 0 Å². The number of anilines is 1. The summed E-state index contributed by atoms with van der Waals surface area (Å²) in [6.07, 6.45) is 0.224. The summed E-state index contributed by atoms with van der Waals surface area (Å²) in [6, 6.07) is 15.2. The van der Waals surface area contributed by atoms with Crippen molar-refractivity contribution < 1.29 is 19.4 Å². The van der Waals surface area contributed by atoms with Gasteiger partial charge in [0.2, 0.25) is 0 Å². The molecule has 1 aliphatic heterocycles. The van der Waals surface area contributed by atoms with Gasteiger partial charge in [0.25, 0.3) is 0 Å². The molecule has 2 aromatic carbocycles. The molecule has 0 bridgehead atoms. The first-order valence-electron chi connectivity index (χ1n) is 9.33. The van der Waals surface area contributed by atoms with Gasteiger partial charge in [-0.3, -0.25) is 4.90 Å². The van der Waals surface area contributed by atoms with Gasteiger partial charge < -0.3 is 20.5 Å². The fourth-order valence-electron chi connectivity index (χ4n) is 3.09. The van der Waals surface area contributed by atoms with Gasteiger partial charge in [0, 0.05) is 31.7 Å². The van der Waals surface area contributed by atoms with Crippen molar-refractivity contribution in [1.82, 2.24) is 10.2 Å². The van der Waals surface area contributed by atoms with Crippen molar-refractivity contribution in [2.45, 2.75) is 19.0 Å². The van der Waals surface area contributed by atoms with Gasteiger partial charge >= 0.3 is 12.0 Å². The summed E-state index contributed by atoms with van der Waals surface area (Å²) in [6.45, 7) is 4.19. The summed E-state index contributed by atoms with van der Waals surface area (Å²) < 4.78 is 5.35. The van der Waals surface area contributed by atoms with E-state index < -0.39 is 18.0 Å². The van der Waals surface area contributed by atoms with E-state index in [0.717, 1.165) is 44.0 Å². The van der Waals surface area contributed by atoms with Crippen molar-refractivity contribution in [3.05, 3.63) is 65.7 Å². The second kappa shape index (κ2) is 9.87. The molecule has 3 rings (SSSR count). The fourth-order valence-corrected chi connectivity index (χ4v) is 3.09. The number of aliphatic carboxylic acids is 1. The van der Waals surface area contributed by atoms with Crippen LogP contribution in [0, 0.1) is 0 Å². The largest absolute Gasteiger partial charge is 0.480 e. The SMILES string of the molecule is O=C(Nc1ccc(CN2CCOCC2)cc1)NC(Cc1ccccc1)C(=O)O. The molecule has 1 saturated heterocycles. The number of morpholine rings is 1. The van der Waals surface area contributed by atoms with Gasteiger partial charge in [0.1, 0.15) is 6.04 Å². The first-order valence-corrected chi connectivity index (χ1v) is 9.33. The summed E-state index contributed by atoms with van der Waals surface area (Å²) in [4.78, 5) is 26.0. The molecule has 3 N–H and O–H groups in total. The highest BCUT2D eigenvalue weighted by Crippen LogP contribution is 2.13. The van der Waals surface area contributed by atoms with Gasteiger partial charge in [0.05, 0.1) is 13.2 Å². The predicted molar refractivity (Wildman–Crippen MR) is 106 cm³/mol. The summed E-state index contributed by atoms with van der Waals surface area (Å²) in [7, 11) is 0. The van der Waals surface area contributed by atoms with Crippen LogP contribution >= 0.6 is 0 Å². The lowest BCUT2D eigenvalue weighted by molar-refractivity contribution is -0.139. The summed E-state index contributed by atoms with van der Waals surface area (Å²) in [5.41, 5.74) is 2.62. The van der Waals surface area contributed by atoms with E-state index in [1.54, 1.807) is 0 Å². The van der Waals surface area contributed by atoms with E-state index in [4.69, 9.17) is 4.74 Å². The second-order valence-corrected chi connectivity index (χ2v) is 6.76. The molecule has 28 heavy (non-hydrogen) atoms. The number of rotatable bonds is 7. The van der Waals surface area contributed by atoms with Crippen molar-refractivity contribution in [2.24, 2.45) is 0 Å². The number of benzene rings is 2. The van der Waals surface area contributed by atoms with E-state index in [1.165, 1.54) is 0 Å². The summed E-state index contributed by atoms with van der Waals surface area (Å²) in [5.74, 6) is -1.07. The summed E-state index contributed by atoms with van der Waals surface area (Å²) >= 11 is 0. The lowest BCUT2D eigenvalue weighted by atomic mass is 10.1. The van der Waals surface area contributed by atoms with E-state index in [0.29, 0.717) is 5.69 Å². The van der Waals surface area contributed by atoms with Crippen molar-refractivity contribution in [2.75, 3.05) is 31.6 Å². The van der Waals surface area contributed by atoms with Crippen LogP contribution in [0.5, 0.6) is 0 Å². The number of hydrogen-bond acceptors (Lipinski definition) is 4. The van der Waals surface area contributed by atoms with E-state index in [9.17, 15) is 14.7 Å². The maximum Gasteiger partial charge on any atom is 0.326 e. The first-order chi connectivity index (χ1) is 13.6. The lowest BCUT2D eigenvalue weighted by Gasteiger charge is -2.26. The zero-order valence-corrected chi connectivity index (χ0v) is 15.6. The highest BCUT2D eigenvalue weighted by Gasteiger charge is 2.20. The molecule has 148 valence electrons. The van der Waals surface area contributed by atoms with Crippen molar-refractivity contribution >= 4 is 17.7 Å². The smallest absolute Gasteiger partial charge is 0.326 e. The molecule has 1 fully saturated rings. The normalized spacial score (nSPS) is 15.6. The molecule has 1 heterocycles. The predicted octanol–water partition coefficient (Wildman–Crippen LogP) is 2.34. The molecule has 1 aliphatic rings. The van der Waals surface area contributed by atoms with Crippen LogP contribution in [-0.4, -0.2) is 54.4 Å². The standard InChI is InChI=1S/C21H25N3O4/c25-20(26)19(14-16-4-2-1-3-5-16)23-21(27)22-18-8-6-17(7-9-18)15-24-10-12-28-13-11-24/h1-9,19H,10-15H2,(H,25,26)(H2,22,23,27). The Balaban J connectivity index is 1.52. The monoisotopic (exact) mass is 383 g/mol. The zero-order valence-electron chi connectivity index (χ0n) is 15.6. The minimum absolute atomic E-state index is 0.224.